The number of aromatic nitrogens is 1. The minimum Gasteiger partial charge on any atom is -0.459 e. The van der Waals surface area contributed by atoms with Gasteiger partial charge in [-0.15, -0.1) is 11.3 Å². The van der Waals surface area contributed by atoms with E-state index in [1.165, 1.54) is 11.3 Å². The van der Waals surface area contributed by atoms with Crippen molar-refractivity contribution in [2.24, 2.45) is 10.9 Å². The van der Waals surface area contributed by atoms with E-state index in [9.17, 15) is 9.59 Å². The van der Waals surface area contributed by atoms with Crippen molar-refractivity contribution in [3.63, 3.8) is 0 Å². The van der Waals surface area contributed by atoms with Gasteiger partial charge in [0.05, 0.1) is 22.7 Å². The topological polar surface area (TPSA) is 89.9 Å². The standard InChI is InChI=1S/C24H17N3O4S/c28-22-20-16(10-30-22)25-17-11-31-23(29)21(17)19(20)14-8-4-5-9-15(14)26-24-27-18(12-32-24)13-6-2-1-3-7-13/h1-9,12,19-20H,10-11H2,(H,26,27). The first kappa shape index (κ1) is 18.9. The molecule has 1 aromatic heterocycles. The maximum Gasteiger partial charge on any atom is 0.337 e. The van der Waals surface area contributed by atoms with Crippen molar-refractivity contribution in [3.05, 3.63) is 76.8 Å². The molecular weight excluding hydrogens is 426 g/mol. The van der Waals surface area contributed by atoms with Crippen molar-refractivity contribution < 1.29 is 19.1 Å². The molecule has 0 aliphatic carbocycles. The highest BCUT2D eigenvalue weighted by atomic mass is 32.1. The van der Waals surface area contributed by atoms with Gasteiger partial charge in [0.2, 0.25) is 0 Å². The van der Waals surface area contributed by atoms with Crippen molar-refractivity contribution in [3.8, 4) is 11.3 Å². The molecule has 2 atom stereocenters. The van der Waals surface area contributed by atoms with Gasteiger partial charge in [-0.05, 0) is 11.6 Å². The maximum atomic E-state index is 12.6. The maximum absolute atomic E-state index is 12.6. The van der Waals surface area contributed by atoms with Gasteiger partial charge in [-0.25, -0.2) is 9.78 Å². The number of esters is 2. The molecule has 2 unspecified atom stereocenters. The van der Waals surface area contributed by atoms with Gasteiger partial charge in [0.25, 0.3) is 0 Å². The zero-order chi connectivity index (χ0) is 21.7. The molecular formula is C24H17N3O4S. The molecule has 2 aromatic carbocycles. The Morgan fingerprint density at radius 1 is 0.938 bits per heavy atom. The average molecular weight is 443 g/mol. The number of anilines is 2. The highest BCUT2D eigenvalue weighted by Crippen LogP contribution is 2.46. The number of fused-ring (bicyclic) bond motifs is 1. The summed E-state index contributed by atoms with van der Waals surface area (Å²) in [6.45, 7) is 0.269. The molecule has 1 fully saturated rings. The fraction of sp³-hybridized carbons (Fsp3) is 0.167. The fourth-order valence-corrected chi connectivity index (χ4v) is 5.17. The van der Waals surface area contributed by atoms with E-state index in [4.69, 9.17) is 14.5 Å². The zero-order valence-corrected chi connectivity index (χ0v) is 17.6. The van der Waals surface area contributed by atoms with Crippen LogP contribution in [0.2, 0.25) is 0 Å². The monoisotopic (exact) mass is 443 g/mol. The summed E-state index contributed by atoms with van der Waals surface area (Å²) in [5, 5.41) is 6.11. The molecule has 158 valence electrons. The number of para-hydroxylation sites is 1. The molecule has 1 saturated heterocycles. The van der Waals surface area contributed by atoms with E-state index in [-0.39, 0.29) is 19.2 Å². The summed E-state index contributed by atoms with van der Waals surface area (Å²) in [6.07, 6.45) is 0. The molecule has 32 heavy (non-hydrogen) atoms. The van der Waals surface area contributed by atoms with E-state index in [2.05, 4.69) is 10.3 Å². The van der Waals surface area contributed by atoms with Crippen molar-refractivity contribution in [2.45, 2.75) is 5.92 Å². The molecule has 3 aromatic rings. The predicted octanol–water partition coefficient (Wildman–Crippen LogP) is 4.08. The van der Waals surface area contributed by atoms with Gasteiger partial charge in [-0.1, -0.05) is 48.5 Å². The SMILES string of the molecule is O=C1OCC2=C1C(c1ccccc1Nc1nc(-c3ccccc3)cs1)C1C(=O)OCC1=N2. The van der Waals surface area contributed by atoms with E-state index in [1.807, 2.05) is 60.0 Å². The van der Waals surface area contributed by atoms with Gasteiger partial charge in [-0.2, -0.15) is 0 Å². The van der Waals surface area contributed by atoms with E-state index in [0.717, 1.165) is 27.6 Å². The second-order valence-electron chi connectivity index (χ2n) is 7.72. The molecule has 7 nitrogen and oxygen atoms in total. The number of carbonyl (C=O) groups excluding carboxylic acids is 2. The minimum absolute atomic E-state index is 0.123. The number of cyclic esters (lactones) is 2. The normalized spacial score (nSPS) is 21.6. The molecule has 0 saturated carbocycles. The van der Waals surface area contributed by atoms with Crippen LogP contribution in [0.25, 0.3) is 11.3 Å². The van der Waals surface area contributed by atoms with E-state index < -0.39 is 17.8 Å². The van der Waals surface area contributed by atoms with E-state index >= 15 is 0 Å². The number of hydrogen-bond donors (Lipinski definition) is 1. The molecule has 3 aliphatic heterocycles. The largest absolute Gasteiger partial charge is 0.459 e. The second kappa shape index (κ2) is 7.42. The van der Waals surface area contributed by atoms with Gasteiger partial charge in [0, 0.05) is 22.5 Å². The summed E-state index contributed by atoms with van der Waals surface area (Å²) in [7, 11) is 0. The molecule has 8 heteroatoms. The quantitative estimate of drug-likeness (QED) is 0.612. The Balaban J connectivity index is 1.39. The first-order valence-corrected chi connectivity index (χ1v) is 11.1. The summed E-state index contributed by atoms with van der Waals surface area (Å²) in [4.78, 5) is 34.4. The average Bonchev–Trinajstić information content (AvgIpc) is 3.54. The summed E-state index contributed by atoms with van der Waals surface area (Å²) in [5.74, 6) is -1.93. The molecule has 6 rings (SSSR count). The van der Waals surface area contributed by atoms with Crippen LogP contribution in [-0.4, -0.2) is 35.8 Å². The first-order chi connectivity index (χ1) is 15.7. The van der Waals surface area contributed by atoms with Crippen molar-refractivity contribution in [1.29, 1.82) is 0 Å². The third kappa shape index (κ3) is 3.03. The highest BCUT2D eigenvalue weighted by molar-refractivity contribution is 7.14. The van der Waals surface area contributed by atoms with Crippen LogP contribution in [0.3, 0.4) is 0 Å². The molecule has 1 N–H and O–H groups in total. The summed E-state index contributed by atoms with van der Waals surface area (Å²) >= 11 is 1.49. The number of benzene rings is 2. The van der Waals surface area contributed by atoms with Crippen LogP contribution in [0.5, 0.6) is 0 Å². The van der Waals surface area contributed by atoms with Gasteiger partial charge in [0.15, 0.2) is 5.13 Å². The highest BCUT2D eigenvalue weighted by Gasteiger charge is 2.50. The van der Waals surface area contributed by atoms with Crippen molar-refractivity contribution in [2.75, 3.05) is 18.5 Å². The lowest BCUT2D eigenvalue weighted by atomic mass is 9.76. The Kier molecular flexibility index (Phi) is 4.39. The molecule has 4 heterocycles. The van der Waals surface area contributed by atoms with E-state index in [0.29, 0.717) is 17.0 Å². The Hall–Kier alpha value is -3.78. The number of nitrogens with one attached hydrogen (secondary N) is 1. The molecule has 0 bridgehead atoms. The van der Waals surface area contributed by atoms with Gasteiger partial charge in [0.1, 0.15) is 19.1 Å². The molecule has 0 amide bonds. The third-order valence-corrected chi connectivity index (χ3v) is 6.64. The van der Waals surface area contributed by atoms with Gasteiger partial charge >= 0.3 is 11.9 Å². The van der Waals surface area contributed by atoms with Crippen LogP contribution in [0.1, 0.15) is 11.5 Å². The van der Waals surface area contributed by atoms with E-state index in [1.54, 1.807) is 0 Å². The van der Waals surface area contributed by atoms with Gasteiger partial charge < -0.3 is 14.8 Å². The van der Waals surface area contributed by atoms with Crippen LogP contribution >= 0.6 is 11.3 Å². The Bertz CT molecular complexity index is 1310. The molecule has 3 aliphatic rings. The number of rotatable bonds is 4. The van der Waals surface area contributed by atoms with Crippen LogP contribution < -0.4 is 5.32 Å². The number of aliphatic imine (C=N–C) groups is 1. The zero-order valence-electron chi connectivity index (χ0n) is 16.8. The lowest BCUT2D eigenvalue weighted by Crippen LogP contribution is -2.31. The summed E-state index contributed by atoms with van der Waals surface area (Å²) in [5.41, 5.74) is 5.18. The number of thiazole rings is 1. The van der Waals surface area contributed by atoms with Crippen molar-refractivity contribution >= 4 is 39.8 Å². The van der Waals surface area contributed by atoms with Crippen LogP contribution in [0, 0.1) is 5.92 Å². The number of nitrogens with zero attached hydrogens (tertiary/aromatic N) is 2. The smallest absolute Gasteiger partial charge is 0.337 e. The van der Waals surface area contributed by atoms with Crippen LogP contribution in [0.4, 0.5) is 10.8 Å². The minimum atomic E-state index is -0.626. The Labute approximate surface area is 187 Å². The lowest BCUT2D eigenvalue weighted by Gasteiger charge is -2.27. The first-order valence-electron chi connectivity index (χ1n) is 10.2. The fourth-order valence-electron chi connectivity index (χ4n) is 4.44. The lowest BCUT2D eigenvalue weighted by molar-refractivity contribution is -0.141. The van der Waals surface area contributed by atoms with Crippen LogP contribution in [0.15, 0.2) is 76.2 Å². The number of hydrogen-bond acceptors (Lipinski definition) is 8. The predicted molar refractivity (Wildman–Crippen MR) is 120 cm³/mol. The van der Waals surface area contributed by atoms with Gasteiger partial charge in [-0.3, -0.25) is 9.79 Å². The van der Waals surface area contributed by atoms with Crippen LogP contribution in [-0.2, 0) is 19.1 Å². The van der Waals surface area contributed by atoms with Crippen molar-refractivity contribution in [1.82, 2.24) is 4.98 Å². The molecule has 0 radical (unpaired) electrons. The summed E-state index contributed by atoms with van der Waals surface area (Å²) in [6, 6.07) is 17.6. The molecule has 0 spiro atoms. The summed E-state index contributed by atoms with van der Waals surface area (Å²) < 4.78 is 10.5. The number of carbonyl (C=O) groups is 2. The Morgan fingerprint density at radius 3 is 2.62 bits per heavy atom. The third-order valence-electron chi connectivity index (χ3n) is 5.88. The number of ether oxygens (including phenoxy) is 2. The second-order valence-corrected chi connectivity index (χ2v) is 8.58. The Morgan fingerprint density at radius 2 is 1.75 bits per heavy atom.